The molecule has 0 bridgehead atoms. The molecular formula is C12H20ClN3O. The Balaban J connectivity index is 2.43. The highest BCUT2D eigenvalue weighted by molar-refractivity contribution is 6.19. The molecule has 0 aliphatic rings. The van der Waals surface area contributed by atoms with Gasteiger partial charge in [-0.1, -0.05) is 0 Å². The summed E-state index contributed by atoms with van der Waals surface area (Å²) in [5.74, 6) is 0.299. The van der Waals surface area contributed by atoms with Crippen molar-refractivity contribution in [1.29, 1.82) is 0 Å². The van der Waals surface area contributed by atoms with Gasteiger partial charge in [0.05, 0.1) is 17.7 Å². The summed E-state index contributed by atoms with van der Waals surface area (Å²) in [5, 5.41) is 7.20. The topological polar surface area (TPSA) is 46.9 Å². The van der Waals surface area contributed by atoms with Crippen LogP contribution in [0.1, 0.15) is 25.2 Å². The zero-order valence-corrected chi connectivity index (χ0v) is 11.6. The van der Waals surface area contributed by atoms with Gasteiger partial charge in [0.1, 0.15) is 0 Å². The van der Waals surface area contributed by atoms with Gasteiger partial charge in [0.15, 0.2) is 0 Å². The Kier molecular flexibility index (Phi) is 4.57. The van der Waals surface area contributed by atoms with Crippen LogP contribution in [-0.2, 0) is 11.3 Å². The molecule has 0 saturated heterocycles. The van der Waals surface area contributed by atoms with Gasteiger partial charge in [-0.15, -0.1) is 11.6 Å². The fourth-order valence-corrected chi connectivity index (χ4v) is 1.60. The van der Waals surface area contributed by atoms with Crippen molar-refractivity contribution in [1.82, 2.24) is 15.1 Å². The van der Waals surface area contributed by atoms with Crippen LogP contribution in [0.25, 0.3) is 0 Å². The molecule has 0 spiro atoms. The highest BCUT2D eigenvalue weighted by atomic mass is 35.5. The predicted octanol–water partition coefficient (Wildman–Crippen LogP) is 1.88. The second-order valence-electron chi connectivity index (χ2n) is 4.92. The molecule has 0 atom stereocenters. The van der Waals surface area contributed by atoms with Crippen molar-refractivity contribution in [3.05, 3.63) is 17.5 Å². The Morgan fingerprint density at radius 2 is 2.18 bits per heavy atom. The Morgan fingerprint density at radius 1 is 1.53 bits per heavy atom. The van der Waals surface area contributed by atoms with Crippen LogP contribution in [0.3, 0.4) is 0 Å². The van der Waals surface area contributed by atoms with Crippen LogP contribution in [-0.4, -0.2) is 28.1 Å². The number of nitrogens with one attached hydrogen (secondary N) is 1. The van der Waals surface area contributed by atoms with Gasteiger partial charge in [0, 0.05) is 18.1 Å². The lowest BCUT2D eigenvalue weighted by Gasteiger charge is -2.20. The molecule has 1 aromatic rings. The summed E-state index contributed by atoms with van der Waals surface area (Å²) >= 11 is 5.73. The van der Waals surface area contributed by atoms with E-state index in [0.717, 1.165) is 11.4 Å². The van der Waals surface area contributed by atoms with Crippen molar-refractivity contribution >= 4 is 17.5 Å². The number of carbonyl (C=O) groups is 1. The summed E-state index contributed by atoms with van der Waals surface area (Å²) < 4.78 is 1.89. The van der Waals surface area contributed by atoms with Crippen molar-refractivity contribution < 1.29 is 4.79 Å². The lowest BCUT2D eigenvalue weighted by Crippen LogP contribution is -2.39. The Labute approximate surface area is 107 Å². The molecule has 0 fully saturated rings. The minimum Gasteiger partial charge on any atom is -0.354 e. The predicted molar refractivity (Wildman–Crippen MR) is 69.2 cm³/mol. The van der Waals surface area contributed by atoms with E-state index in [9.17, 15) is 4.79 Å². The number of aryl methyl sites for hydroxylation is 2. The second-order valence-corrected chi connectivity index (χ2v) is 5.19. The summed E-state index contributed by atoms with van der Waals surface area (Å²) in [7, 11) is 0. The standard InChI is InChI=1S/C12H20ClN3O/c1-9-7-10(2)16(15-9)6-5-14-11(17)12(3,4)8-13/h7H,5-6,8H2,1-4H3,(H,14,17). The first-order chi connectivity index (χ1) is 7.86. The van der Waals surface area contributed by atoms with Gasteiger partial charge in [-0.3, -0.25) is 9.48 Å². The van der Waals surface area contributed by atoms with Crippen LogP contribution in [0.5, 0.6) is 0 Å². The number of carbonyl (C=O) groups excluding carboxylic acids is 1. The maximum absolute atomic E-state index is 11.8. The van der Waals surface area contributed by atoms with Crippen LogP contribution < -0.4 is 5.32 Å². The molecule has 17 heavy (non-hydrogen) atoms. The van der Waals surface area contributed by atoms with Crippen molar-refractivity contribution in [2.24, 2.45) is 5.41 Å². The van der Waals surface area contributed by atoms with Crippen LogP contribution in [0.2, 0.25) is 0 Å². The van der Waals surface area contributed by atoms with Crippen LogP contribution in [0.15, 0.2) is 6.07 Å². The van der Waals surface area contributed by atoms with E-state index in [0.29, 0.717) is 19.0 Å². The molecule has 1 heterocycles. The number of amides is 1. The van der Waals surface area contributed by atoms with Gasteiger partial charge in [-0.25, -0.2) is 0 Å². The lowest BCUT2D eigenvalue weighted by molar-refractivity contribution is -0.128. The Bertz CT molecular complexity index is 398. The zero-order chi connectivity index (χ0) is 13.1. The maximum atomic E-state index is 11.8. The molecule has 4 nitrogen and oxygen atoms in total. The molecule has 1 N–H and O–H groups in total. The van der Waals surface area contributed by atoms with Crippen molar-refractivity contribution in [3.8, 4) is 0 Å². The summed E-state index contributed by atoms with van der Waals surface area (Å²) in [4.78, 5) is 11.8. The number of hydrogen-bond donors (Lipinski definition) is 1. The SMILES string of the molecule is Cc1cc(C)n(CCNC(=O)C(C)(C)CCl)n1. The number of alkyl halides is 1. The van der Waals surface area contributed by atoms with Gasteiger partial charge >= 0.3 is 0 Å². The normalized spacial score (nSPS) is 11.6. The molecule has 0 aliphatic carbocycles. The Hall–Kier alpha value is -1.03. The summed E-state index contributed by atoms with van der Waals surface area (Å²) in [6.45, 7) is 8.88. The molecule has 1 rings (SSSR count). The van der Waals surface area contributed by atoms with E-state index in [1.807, 2.05) is 38.4 Å². The number of halogens is 1. The fraction of sp³-hybridized carbons (Fsp3) is 0.667. The molecule has 0 radical (unpaired) electrons. The number of nitrogens with zero attached hydrogens (tertiary/aromatic N) is 2. The summed E-state index contributed by atoms with van der Waals surface area (Å²) in [5.41, 5.74) is 1.58. The first-order valence-electron chi connectivity index (χ1n) is 5.72. The Morgan fingerprint density at radius 3 is 2.65 bits per heavy atom. The fourth-order valence-electron chi connectivity index (χ4n) is 1.48. The van der Waals surface area contributed by atoms with Crippen molar-refractivity contribution in [2.45, 2.75) is 34.2 Å². The van der Waals surface area contributed by atoms with Gasteiger partial charge in [-0.05, 0) is 33.8 Å². The van der Waals surface area contributed by atoms with E-state index in [1.54, 1.807) is 0 Å². The average Bonchev–Trinajstić information content (AvgIpc) is 2.57. The molecule has 96 valence electrons. The smallest absolute Gasteiger partial charge is 0.226 e. The molecule has 0 aromatic carbocycles. The zero-order valence-electron chi connectivity index (χ0n) is 10.9. The average molecular weight is 258 g/mol. The first kappa shape index (κ1) is 14.0. The van der Waals surface area contributed by atoms with E-state index in [4.69, 9.17) is 11.6 Å². The van der Waals surface area contributed by atoms with Gasteiger partial charge in [0.2, 0.25) is 5.91 Å². The summed E-state index contributed by atoms with van der Waals surface area (Å²) in [6.07, 6.45) is 0. The third-order valence-electron chi connectivity index (χ3n) is 2.66. The van der Waals surface area contributed by atoms with E-state index in [2.05, 4.69) is 10.4 Å². The lowest BCUT2D eigenvalue weighted by atomic mass is 9.95. The van der Waals surface area contributed by atoms with Gasteiger partial charge in [-0.2, -0.15) is 5.10 Å². The van der Waals surface area contributed by atoms with E-state index in [-0.39, 0.29) is 5.91 Å². The summed E-state index contributed by atoms with van der Waals surface area (Å²) in [6, 6.07) is 2.02. The molecule has 0 unspecified atom stereocenters. The minimum atomic E-state index is -0.517. The van der Waals surface area contributed by atoms with Gasteiger partial charge in [0.25, 0.3) is 0 Å². The van der Waals surface area contributed by atoms with E-state index in [1.165, 1.54) is 0 Å². The molecule has 5 heteroatoms. The number of hydrogen-bond acceptors (Lipinski definition) is 2. The largest absolute Gasteiger partial charge is 0.354 e. The molecule has 0 aliphatic heterocycles. The molecule has 1 amide bonds. The number of rotatable bonds is 5. The third-order valence-corrected chi connectivity index (χ3v) is 3.33. The van der Waals surface area contributed by atoms with Gasteiger partial charge < -0.3 is 5.32 Å². The monoisotopic (exact) mass is 257 g/mol. The van der Waals surface area contributed by atoms with Crippen LogP contribution >= 0.6 is 11.6 Å². The van der Waals surface area contributed by atoms with Crippen LogP contribution in [0.4, 0.5) is 0 Å². The van der Waals surface area contributed by atoms with Crippen molar-refractivity contribution in [3.63, 3.8) is 0 Å². The number of aromatic nitrogens is 2. The molecule has 1 aromatic heterocycles. The molecule has 0 saturated carbocycles. The first-order valence-corrected chi connectivity index (χ1v) is 6.25. The highest BCUT2D eigenvalue weighted by Crippen LogP contribution is 2.16. The van der Waals surface area contributed by atoms with E-state index >= 15 is 0 Å². The van der Waals surface area contributed by atoms with Crippen LogP contribution in [0, 0.1) is 19.3 Å². The van der Waals surface area contributed by atoms with E-state index < -0.39 is 5.41 Å². The third kappa shape index (κ3) is 3.73. The molecular weight excluding hydrogens is 238 g/mol. The maximum Gasteiger partial charge on any atom is 0.226 e. The quantitative estimate of drug-likeness (QED) is 0.819. The second kappa shape index (κ2) is 5.54. The van der Waals surface area contributed by atoms with Crippen molar-refractivity contribution in [2.75, 3.05) is 12.4 Å². The highest BCUT2D eigenvalue weighted by Gasteiger charge is 2.25. The minimum absolute atomic E-state index is 0.0194.